The molecule has 9 rings (SSSR count). The van der Waals surface area contributed by atoms with Crippen LogP contribution in [-0.4, -0.2) is 0 Å². The van der Waals surface area contributed by atoms with E-state index in [2.05, 4.69) is 42.5 Å². The number of benzene rings is 6. The molecular formula is C42H28O. The third kappa shape index (κ3) is 3.72. The Morgan fingerprint density at radius 3 is 2.16 bits per heavy atom. The van der Waals surface area contributed by atoms with Crippen LogP contribution in [-0.2, 0) is 0 Å². The van der Waals surface area contributed by atoms with E-state index in [1.165, 1.54) is 0 Å². The van der Waals surface area contributed by atoms with E-state index in [0.717, 1.165) is 54.6 Å². The third-order valence-corrected chi connectivity index (χ3v) is 8.78. The van der Waals surface area contributed by atoms with E-state index < -0.39 is 12.1 Å². The average Bonchev–Trinajstić information content (AvgIpc) is 3.54. The summed E-state index contributed by atoms with van der Waals surface area (Å²) in [4.78, 5) is 0. The van der Waals surface area contributed by atoms with E-state index in [0.29, 0.717) is 5.57 Å². The van der Waals surface area contributed by atoms with Gasteiger partial charge in [-0.2, -0.15) is 0 Å². The summed E-state index contributed by atoms with van der Waals surface area (Å²) in [5.41, 5.74) is 6.59. The summed E-state index contributed by atoms with van der Waals surface area (Å²) in [6.45, 7) is 0. The summed E-state index contributed by atoms with van der Waals surface area (Å²) in [6, 6.07) is 27.9. The van der Waals surface area contributed by atoms with Gasteiger partial charge in [0, 0.05) is 22.6 Å². The zero-order valence-corrected chi connectivity index (χ0v) is 23.0. The van der Waals surface area contributed by atoms with E-state index in [-0.39, 0.29) is 58.4 Å². The maximum Gasteiger partial charge on any atom is 0.136 e. The maximum absolute atomic E-state index is 9.36. The van der Waals surface area contributed by atoms with E-state index in [4.69, 9.17) is 12.6 Å². The molecule has 1 heterocycles. The number of furan rings is 1. The van der Waals surface area contributed by atoms with Crippen molar-refractivity contribution >= 4 is 43.9 Å². The van der Waals surface area contributed by atoms with Gasteiger partial charge in [0.05, 0.1) is 9.60 Å². The van der Waals surface area contributed by atoms with Crippen LogP contribution in [0.5, 0.6) is 0 Å². The molecule has 0 amide bonds. The monoisotopic (exact) mass is 555 g/mol. The minimum atomic E-state index is -0.464. The third-order valence-electron chi connectivity index (χ3n) is 8.78. The van der Waals surface area contributed by atoms with Crippen LogP contribution in [0.15, 0.2) is 162 Å². The Morgan fingerprint density at radius 2 is 1.28 bits per heavy atom. The van der Waals surface area contributed by atoms with Crippen molar-refractivity contribution < 1.29 is 14.0 Å². The molecule has 0 fully saturated rings. The lowest BCUT2D eigenvalue weighted by Gasteiger charge is -2.34. The minimum absolute atomic E-state index is 0.0449. The topological polar surface area (TPSA) is 13.1 Å². The molecule has 2 unspecified atom stereocenters. The predicted molar refractivity (Wildman–Crippen MR) is 179 cm³/mol. The van der Waals surface area contributed by atoms with Crippen molar-refractivity contribution in [1.29, 1.82) is 0 Å². The lowest BCUT2D eigenvalue weighted by Crippen LogP contribution is -2.40. The Balaban J connectivity index is 1.54. The van der Waals surface area contributed by atoms with Crippen LogP contribution in [0.25, 0.3) is 55.0 Å². The van der Waals surface area contributed by atoms with Crippen molar-refractivity contribution in [3.63, 3.8) is 0 Å². The molecule has 1 heteroatoms. The lowest BCUT2D eigenvalue weighted by atomic mass is 9.69. The molecule has 7 aromatic rings. The fourth-order valence-electron chi connectivity index (χ4n) is 6.97. The van der Waals surface area contributed by atoms with Crippen molar-refractivity contribution in [2.75, 3.05) is 0 Å². The first-order chi connectivity index (χ1) is 24.3. The summed E-state index contributed by atoms with van der Waals surface area (Å²) in [6.07, 6.45) is 8.22. The van der Waals surface area contributed by atoms with Gasteiger partial charge in [0.1, 0.15) is 11.2 Å². The van der Waals surface area contributed by atoms with Gasteiger partial charge in [-0.15, -0.1) is 0 Å². The van der Waals surface area contributed by atoms with Crippen molar-refractivity contribution in [3.8, 4) is 11.1 Å². The van der Waals surface area contributed by atoms with Crippen LogP contribution in [0.4, 0.5) is 0 Å². The van der Waals surface area contributed by atoms with Gasteiger partial charge in [0.2, 0.25) is 0 Å². The second-order valence-electron chi connectivity index (χ2n) is 11.1. The summed E-state index contributed by atoms with van der Waals surface area (Å²) >= 11 is 0. The van der Waals surface area contributed by atoms with E-state index in [1.54, 1.807) is 0 Å². The van der Waals surface area contributed by atoms with Gasteiger partial charge in [-0.1, -0.05) is 139 Å². The molecule has 0 aliphatic heterocycles. The highest BCUT2D eigenvalue weighted by Crippen LogP contribution is 2.44. The van der Waals surface area contributed by atoms with Crippen LogP contribution >= 0.6 is 0 Å². The quantitative estimate of drug-likeness (QED) is 0.212. The van der Waals surface area contributed by atoms with E-state index in [9.17, 15) is 1.37 Å². The van der Waals surface area contributed by atoms with Gasteiger partial charge in [-0.05, 0) is 72.8 Å². The van der Waals surface area contributed by atoms with Crippen molar-refractivity contribution in [2.45, 2.75) is 0 Å². The second kappa shape index (κ2) is 9.58. The first-order valence-electron chi connectivity index (χ1n) is 18.0. The molecule has 43 heavy (non-hydrogen) atoms. The Kier molecular flexibility index (Phi) is 4.05. The summed E-state index contributed by atoms with van der Waals surface area (Å²) in [5, 5.41) is 3.81. The number of fused-ring (bicyclic) bond motifs is 6. The molecule has 2 aliphatic carbocycles. The number of hydrogen-bond donors (Lipinski definition) is 0. The predicted octanol–water partition coefficient (Wildman–Crippen LogP) is 9.18. The van der Waals surface area contributed by atoms with Crippen molar-refractivity contribution in [1.82, 2.24) is 0 Å². The zero-order chi connectivity index (χ0) is 34.4. The summed E-state index contributed by atoms with van der Waals surface area (Å²) in [7, 11) is 0. The first-order valence-corrected chi connectivity index (χ1v) is 14.5. The fourth-order valence-corrected chi connectivity index (χ4v) is 6.97. The zero-order valence-electron chi connectivity index (χ0n) is 30.0. The van der Waals surface area contributed by atoms with E-state index in [1.807, 2.05) is 72.8 Å². The van der Waals surface area contributed by atoms with Gasteiger partial charge in [0.15, 0.2) is 0 Å². The molecule has 1 nitrogen and oxygen atoms in total. The largest absolute Gasteiger partial charge is 0.456 e. The Morgan fingerprint density at radius 1 is 0.535 bits per heavy atom. The molecule has 0 radical (unpaired) electrons. The average molecular weight is 556 g/mol. The highest BCUT2D eigenvalue weighted by Gasteiger charge is 2.33. The molecule has 0 spiro atoms. The molecule has 0 saturated heterocycles. The highest BCUT2D eigenvalue weighted by molar-refractivity contribution is 6.11. The van der Waals surface area contributed by atoms with Crippen LogP contribution in [0, 0.1) is 11.8 Å². The standard InChI is InChI=1S/C42H28O/c1-2-12-27(13-3-1)29-24-25-34-37(26-29)41(31-20-10-15-28-14-4-5-16-30(28)31)33-18-7-6-17-32(33)40(34)36-21-11-23-39-42(36)35-19-8-9-22-38(35)43-39/h1-26,32-33H/i4D,5D,10D,14D,15D,16D,20D. The van der Waals surface area contributed by atoms with E-state index >= 15 is 0 Å². The number of hydrogen-bond acceptors (Lipinski definition) is 1. The maximum atomic E-state index is 9.36. The van der Waals surface area contributed by atoms with Gasteiger partial charge in [-0.25, -0.2) is 0 Å². The molecule has 0 saturated carbocycles. The molecule has 0 N–H and O–H groups in total. The smallest absolute Gasteiger partial charge is 0.136 e. The second-order valence-corrected chi connectivity index (χ2v) is 11.1. The highest BCUT2D eigenvalue weighted by atomic mass is 16.3. The Labute approximate surface area is 259 Å². The van der Waals surface area contributed by atoms with Crippen LogP contribution in [0.1, 0.15) is 20.7 Å². The molecular weight excluding hydrogens is 520 g/mol. The molecule has 0 bridgehead atoms. The summed E-state index contributed by atoms with van der Waals surface area (Å²) < 4.78 is 68.3. The molecule has 1 aromatic heterocycles. The molecule has 6 aromatic carbocycles. The first kappa shape index (κ1) is 18.2. The molecule has 2 atom stereocenters. The Hall–Kier alpha value is -5.40. The number of para-hydroxylation sites is 1. The van der Waals surface area contributed by atoms with Crippen molar-refractivity contribution in [2.24, 2.45) is 11.8 Å². The Bertz CT molecular complexity index is 2790. The minimum Gasteiger partial charge on any atom is -0.456 e. The van der Waals surface area contributed by atoms with Crippen molar-refractivity contribution in [3.05, 3.63) is 179 Å². The normalized spacial score (nSPS) is 19.8. The number of rotatable bonds is 3. The van der Waals surface area contributed by atoms with Crippen LogP contribution in [0.2, 0.25) is 0 Å². The van der Waals surface area contributed by atoms with Crippen LogP contribution < -0.4 is 10.4 Å². The SMILES string of the molecule is [2H]c1c([2H])c([2H])c2c(C3=c4cc(-c5ccccc5)ccc4=C(c4cccc5oc6ccccc6c45)C4C=CC=CC34)c([2H])c([2H])c([2H])c2c1[2H]. The van der Waals surface area contributed by atoms with Crippen LogP contribution in [0.3, 0.4) is 0 Å². The van der Waals surface area contributed by atoms with Gasteiger partial charge >= 0.3 is 0 Å². The summed E-state index contributed by atoms with van der Waals surface area (Å²) in [5.74, 6) is -0.581. The van der Waals surface area contributed by atoms with Gasteiger partial charge in [0.25, 0.3) is 0 Å². The number of allylic oxidation sites excluding steroid dienone is 4. The molecule has 202 valence electrons. The van der Waals surface area contributed by atoms with Gasteiger partial charge < -0.3 is 4.42 Å². The fraction of sp³-hybridized carbons (Fsp3) is 0.0476. The van der Waals surface area contributed by atoms with Gasteiger partial charge in [-0.3, -0.25) is 0 Å². The molecule has 2 aliphatic rings. The lowest BCUT2D eigenvalue weighted by molar-refractivity contribution is 0.668.